The van der Waals surface area contributed by atoms with Gasteiger partial charge in [-0.05, 0) is 80.4 Å². The zero-order valence-electron chi connectivity index (χ0n) is 24.0. The zero-order chi connectivity index (χ0) is 27.8. The Morgan fingerprint density at radius 1 is 1.22 bits per heavy atom. The molecule has 1 aromatic heterocycles. The van der Waals surface area contributed by atoms with E-state index in [1.807, 2.05) is 17.7 Å². The lowest BCUT2D eigenvalue weighted by Gasteiger charge is -2.36. The first-order chi connectivity index (χ1) is 17.4. The van der Waals surface area contributed by atoms with Crippen molar-refractivity contribution in [2.24, 2.45) is 5.41 Å². The Balaban J connectivity index is 0.000000877. The largest absolute Gasteiger partial charge is 0.385 e. The fourth-order valence-electron chi connectivity index (χ4n) is 4.75. The second-order valence-corrected chi connectivity index (χ2v) is 11.1. The summed E-state index contributed by atoms with van der Waals surface area (Å²) in [7, 11) is 1.71. The van der Waals surface area contributed by atoms with E-state index in [4.69, 9.17) is 4.74 Å². The van der Waals surface area contributed by atoms with Crippen LogP contribution in [0.5, 0.6) is 0 Å². The van der Waals surface area contributed by atoms with Crippen molar-refractivity contribution >= 4 is 23.5 Å². The van der Waals surface area contributed by atoms with Gasteiger partial charge < -0.3 is 9.64 Å². The summed E-state index contributed by atoms with van der Waals surface area (Å²) in [5, 5.41) is 8.86. The minimum Gasteiger partial charge on any atom is -0.385 e. The third kappa shape index (κ3) is 8.44. The molecular weight excluding hydrogens is 467 g/mol. The lowest BCUT2D eigenvalue weighted by atomic mass is 9.94. The fourth-order valence-corrected chi connectivity index (χ4v) is 4.75. The van der Waals surface area contributed by atoms with Gasteiger partial charge in [0.15, 0.2) is 5.78 Å². The van der Waals surface area contributed by atoms with Crippen molar-refractivity contribution < 1.29 is 13.9 Å². The Labute approximate surface area is 222 Å². The van der Waals surface area contributed by atoms with Gasteiger partial charge in [0.05, 0.1) is 17.3 Å². The van der Waals surface area contributed by atoms with E-state index < -0.39 is 5.82 Å². The topological polar surface area (TPSA) is 60.2 Å². The Hall–Kier alpha value is -2.64. The van der Waals surface area contributed by atoms with E-state index in [1.54, 1.807) is 32.2 Å². The molecule has 0 aliphatic carbocycles. The molecule has 1 aromatic carbocycles. The molecule has 2 heterocycles. The molecule has 0 spiro atoms. The molecule has 2 aromatic rings. The van der Waals surface area contributed by atoms with Gasteiger partial charge >= 0.3 is 0 Å². The summed E-state index contributed by atoms with van der Waals surface area (Å²) in [5.74, 6) is -0.735. The minimum atomic E-state index is -0.461. The van der Waals surface area contributed by atoms with Gasteiger partial charge in [-0.15, -0.1) is 5.10 Å². The molecule has 37 heavy (non-hydrogen) atoms. The highest BCUT2D eigenvalue weighted by molar-refractivity contribution is 5.95. The van der Waals surface area contributed by atoms with E-state index in [0.717, 1.165) is 68.0 Å². The minimum absolute atomic E-state index is 0.120. The molecule has 7 heteroatoms. The number of benzene rings is 1. The molecule has 3 rings (SSSR count). The lowest BCUT2D eigenvalue weighted by Crippen LogP contribution is -2.39. The van der Waals surface area contributed by atoms with Gasteiger partial charge in [-0.25, -0.2) is 9.07 Å². The molecule has 0 radical (unpaired) electrons. The molecule has 1 aliphatic heterocycles. The summed E-state index contributed by atoms with van der Waals surface area (Å²) in [6.45, 7) is 22.0. The molecule has 6 nitrogen and oxygen atoms in total. The number of methoxy groups -OCH3 is 1. The van der Waals surface area contributed by atoms with Crippen molar-refractivity contribution in [3.8, 4) is 0 Å². The lowest BCUT2D eigenvalue weighted by molar-refractivity contribution is 0.101. The number of rotatable bonds is 8. The van der Waals surface area contributed by atoms with Gasteiger partial charge in [0, 0.05) is 33.4 Å². The summed E-state index contributed by atoms with van der Waals surface area (Å²) >= 11 is 0. The molecule has 204 valence electrons. The molecule has 0 atom stereocenters. The first kappa shape index (κ1) is 30.6. The van der Waals surface area contributed by atoms with Crippen molar-refractivity contribution in [1.82, 2.24) is 19.9 Å². The van der Waals surface area contributed by atoms with Gasteiger partial charge in [-0.1, -0.05) is 45.6 Å². The van der Waals surface area contributed by atoms with E-state index in [-0.39, 0.29) is 11.3 Å². The van der Waals surface area contributed by atoms with E-state index in [1.165, 1.54) is 6.92 Å². The highest BCUT2D eigenvalue weighted by Crippen LogP contribution is 2.29. The average Bonchev–Trinajstić information content (AvgIpc) is 3.23. The summed E-state index contributed by atoms with van der Waals surface area (Å²) in [5.41, 5.74) is 4.11. The summed E-state index contributed by atoms with van der Waals surface area (Å²) in [6, 6.07) is 3.64. The Morgan fingerprint density at radius 2 is 1.84 bits per heavy atom. The molecule has 1 saturated heterocycles. The van der Waals surface area contributed by atoms with Crippen LogP contribution in [0.4, 0.5) is 4.39 Å². The van der Waals surface area contributed by atoms with Gasteiger partial charge in [0.2, 0.25) is 0 Å². The number of Topliss-reactive ketones (excluding diaryl/α,β-unsaturated/α-hetero) is 1. The van der Waals surface area contributed by atoms with Crippen LogP contribution in [0.2, 0.25) is 0 Å². The number of hydrogen-bond acceptors (Lipinski definition) is 5. The molecule has 0 amide bonds. The number of carbonyl (C=O) groups is 1. The maximum Gasteiger partial charge on any atom is 0.162 e. The molecule has 0 bridgehead atoms. The SMILES string of the molecule is C=Cc1c(/C=C(\C)c2ccc(C(C)=O)c(F)c2C)nnn1C1CCN(CC(C)(C)C)CC1.CCCOC. The van der Waals surface area contributed by atoms with Crippen LogP contribution in [0.25, 0.3) is 17.7 Å². The van der Waals surface area contributed by atoms with Crippen molar-refractivity contribution in [3.05, 3.63) is 52.6 Å². The van der Waals surface area contributed by atoms with E-state index in [2.05, 4.69) is 49.5 Å². The van der Waals surface area contributed by atoms with Crippen LogP contribution < -0.4 is 0 Å². The molecule has 1 fully saturated rings. The van der Waals surface area contributed by atoms with Crippen LogP contribution in [0.1, 0.15) is 99.7 Å². The number of halogens is 1. The average molecular weight is 513 g/mol. The molecule has 0 N–H and O–H groups in total. The fraction of sp³-hybridized carbons (Fsp3) is 0.567. The second kappa shape index (κ2) is 13.8. The maximum absolute atomic E-state index is 14.6. The van der Waals surface area contributed by atoms with E-state index in [9.17, 15) is 9.18 Å². The Bertz CT molecular complexity index is 1090. The number of piperidine rings is 1. The number of ether oxygens (including phenoxy) is 1. The second-order valence-electron chi connectivity index (χ2n) is 11.1. The summed E-state index contributed by atoms with van der Waals surface area (Å²) in [4.78, 5) is 14.1. The zero-order valence-corrected chi connectivity index (χ0v) is 24.0. The van der Waals surface area contributed by atoms with Crippen molar-refractivity contribution in [2.45, 2.75) is 73.8 Å². The number of likely N-dealkylation sites (tertiary alicyclic amines) is 1. The van der Waals surface area contributed by atoms with Crippen LogP contribution in [0.15, 0.2) is 18.7 Å². The monoisotopic (exact) mass is 512 g/mol. The normalized spacial score (nSPS) is 15.3. The van der Waals surface area contributed by atoms with E-state index in [0.29, 0.717) is 17.0 Å². The summed E-state index contributed by atoms with van der Waals surface area (Å²) in [6.07, 6.45) is 6.90. The number of ketones is 1. The quantitative estimate of drug-likeness (QED) is 0.362. The maximum atomic E-state index is 14.6. The van der Waals surface area contributed by atoms with Gasteiger partial charge in [-0.3, -0.25) is 4.79 Å². The predicted molar refractivity (Wildman–Crippen MR) is 151 cm³/mol. The van der Waals surface area contributed by atoms with Crippen LogP contribution in [0, 0.1) is 18.2 Å². The first-order valence-electron chi connectivity index (χ1n) is 13.2. The highest BCUT2D eigenvalue weighted by atomic mass is 19.1. The van der Waals surface area contributed by atoms with Crippen molar-refractivity contribution in [2.75, 3.05) is 33.4 Å². The number of carbonyl (C=O) groups excluding carboxylic acids is 1. The van der Waals surface area contributed by atoms with Crippen LogP contribution >= 0.6 is 0 Å². The Kier molecular flexibility index (Phi) is 11.4. The number of allylic oxidation sites excluding steroid dienone is 1. The van der Waals surface area contributed by atoms with Crippen LogP contribution in [-0.4, -0.2) is 59.0 Å². The van der Waals surface area contributed by atoms with Crippen LogP contribution in [0.3, 0.4) is 0 Å². The summed E-state index contributed by atoms with van der Waals surface area (Å²) < 4.78 is 21.3. The van der Waals surface area contributed by atoms with Crippen molar-refractivity contribution in [3.63, 3.8) is 0 Å². The number of nitrogens with zero attached hydrogens (tertiary/aromatic N) is 4. The highest BCUT2D eigenvalue weighted by Gasteiger charge is 2.26. The Morgan fingerprint density at radius 3 is 2.32 bits per heavy atom. The third-order valence-electron chi connectivity index (χ3n) is 6.50. The third-order valence-corrected chi connectivity index (χ3v) is 6.50. The predicted octanol–water partition coefficient (Wildman–Crippen LogP) is 6.86. The first-order valence-corrected chi connectivity index (χ1v) is 13.2. The van der Waals surface area contributed by atoms with Crippen LogP contribution in [-0.2, 0) is 4.74 Å². The van der Waals surface area contributed by atoms with E-state index >= 15 is 0 Å². The molecule has 0 saturated carbocycles. The molecular formula is C30H45FN4O2. The molecule has 1 aliphatic rings. The van der Waals surface area contributed by atoms with Crippen molar-refractivity contribution in [1.29, 1.82) is 0 Å². The number of aromatic nitrogens is 3. The van der Waals surface area contributed by atoms with Gasteiger partial charge in [0.25, 0.3) is 0 Å². The standard InChI is InChI=1S/C26H35FN4O.C4H10O/c1-8-24-23(15-17(2)21-9-10-22(19(4)32)25(27)18(21)3)28-29-31(24)20-11-13-30(14-12-20)16-26(5,6)7;1-3-4-5-2/h8-10,15,20H,1,11-14,16H2,2-7H3;3-4H2,1-2H3/b17-15+;. The van der Waals surface area contributed by atoms with Gasteiger partial charge in [-0.2, -0.15) is 0 Å². The number of hydrogen-bond donors (Lipinski definition) is 0. The smallest absolute Gasteiger partial charge is 0.162 e. The van der Waals surface area contributed by atoms with Gasteiger partial charge in [0.1, 0.15) is 11.5 Å². The molecule has 0 unspecified atom stereocenters.